The van der Waals surface area contributed by atoms with Crippen LogP contribution in [-0.4, -0.2) is 38.3 Å². The van der Waals surface area contributed by atoms with Crippen molar-refractivity contribution in [3.8, 4) is 5.88 Å². The van der Waals surface area contributed by atoms with E-state index >= 15 is 4.21 Å². The third-order valence-corrected chi connectivity index (χ3v) is 11.7. The lowest BCUT2D eigenvalue weighted by Crippen LogP contribution is -2.48. The van der Waals surface area contributed by atoms with Crippen LogP contribution in [0, 0.1) is 0 Å². The number of amides is 2. The van der Waals surface area contributed by atoms with Gasteiger partial charge in [-0.05, 0) is 77.5 Å². The molecule has 4 aromatic carbocycles. The van der Waals surface area contributed by atoms with Gasteiger partial charge in [0.05, 0.1) is 12.8 Å². The van der Waals surface area contributed by atoms with Gasteiger partial charge >= 0.3 is 6.03 Å². The van der Waals surface area contributed by atoms with Gasteiger partial charge in [0.2, 0.25) is 5.88 Å². The van der Waals surface area contributed by atoms with E-state index in [4.69, 9.17) is 4.74 Å². The molecule has 0 radical (unpaired) electrons. The van der Waals surface area contributed by atoms with Crippen LogP contribution in [0.5, 0.6) is 5.88 Å². The fourth-order valence-corrected chi connectivity index (χ4v) is 9.47. The zero-order chi connectivity index (χ0) is 32.7. The Morgan fingerprint density at radius 2 is 1.42 bits per heavy atom. The fraction of sp³-hybridized carbons (Fsp3) is 0.263. The van der Waals surface area contributed by atoms with Crippen LogP contribution in [0.1, 0.15) is 57.8 Å². The average molecular weight is 660 g/mol. The molecule has 3 N–H and O–H groups in total. The van der Waals surface area contributed by atoms with E-state index in [1.54, 1.807) is 0 Å². The Bertz CT molecular complexity index is 1980. The summed E-state index contributed by atoms with van der Waals surface area (Å²) < 4.78 is 31.4. The summed E-state index contributed by atoms with van der Waals surface area (Å²) in [4.78, 5) is 14.4. The lowest BCUT2D eigenvalue weighted by molar-refractivity contribution is 0.206. The first-order valence-electron chi connectivity index (χ1n) is 16.5. The third-order valence-electron chi connectivity index (χ3n) is 9.81. The lowest BCUT2D eigenvalue weighted by atomic mass is 9.78. The van der Waals surface area contributed by atoms with Gasteiger partial charge in [-0.3, -0.25) is 0 Å². The molecule has 3 aliphatic rings. The van der Waals surface area contributed by atoms with Gasteiger partial charge in [-0.2, -0.15) is 5.10 Å². The van der Waals surface area contributed by atoms with Crippen LogP contribution in [0.25, 0.3) is 0 Å². The summed E-state index contributed by atoms with van der Waals surface area (Å²) in [5.74, 6) is 0.215. The van der Waals surface area contributed by atoms with Crippen LogP contribution in [0.15, 0.2) is 113 Å². The summed E-state index contributed by atoms with van der Waals surface area (Å²) in [6.07, 6.45) is 7.26. The van der Waals surface area contributed by atoms with E-state index in [1.165, 1.54) is 22.0 Å². The summed E-state index contributed by atoms with van der Waals surface area (Å²) in [6, 6.07) is 30.4. The van der Waals surface area contributed by atoms with Crippen LogP contribution >= 0.6 is 0 Å². The highest BCUT2D eigenvalue weighted by atomic mass is 32.2. The highest BCUT2D eigenvalue weighted by Gasteiger charge is 2.43. The Balaban J connectivity index is 1.34. The van der Waals surface area contributed by atoms with Crippen molar-refractivity contribution in [3.63, 3.8) is 0 Å². The molecule has 1 aromatic heterocycles. The van der Waals surface area contributed by atoms with Crippen LogP contribution < -0.4 is 14.8 Å². The molecule has 48 heavy (non-hydrogen) atoms. The first-order valence-corrected chi connectivity index (χ1v) is 18.0. The molecule has 5 aromatic rings. The number of carbonyl (C=O) groups is 1. The number of rotatable bonds is 8. The Hall–Kier alpha value is -4.77. The molecule has 1 unspecified atom stereocenters. The number of fused-ring (bicyclic) bond motifs is 3. The van der Waals surface area contributed by atoms with Crippen molar-refractivity contribution in [1.82, 2.24) is 14.5 Å². The van der Waals surface area contributed by atoms with E-state index in [0.717, 1.165) is 72.0 Å². The summed E-state index contributed by atoms with van der Waals surface area (Å²) >= 11 is 0. The van der Waals surface area contributed by atoms with E-state index in [0.29, 0.717) is 0 Å². The van der Waals surface area contributed by atoms with Gasteiger partial charge in [-0.25, -0.2) is 18.4 Å². The summed E-state index contributed by atoms with van der Waals surface area (Å²) in [5, 5.41) is 17.6. The normalized spacial score (nSPS) is 17.6. The number of benzene rings is 4. The summed E-state index contributed by atoms with van der Waals surface area (Å²) in [6.45, 7) is -0.0372. The molecule has 2 heterocycles. The topological polar surface area (TPSA) is 118 Å². The number of nitrogens with zero attached hydrogens (tertiary/aromatic N) is 3. The van der Waals surface area contributed by atoms with E-state index in [9.17, 15) is 9.90 Å². The molecule has 10 heteroatoms. The van der Waals surface area contributed by atoms with Crippen molar-refractivity contribution in [2.75, 3.05) is 18.5 Å². The van der Waals surface area contributed by atoms with Gasteiger partial charge < -0.3 is 15.2 Å². The second-order valence-corrected chi connectivity index (χ2v) is 14.5. The van der Waals surface area contributed by atoms with Crippen LogP contribution in [0.2, 0.25) is 0 Å². The first-order chi connectivity index (χ1) is 23.5. The number of aryl methyl sites for hydroxylation is 2. The van der Waals surface area contributed by atoms with Crippen molar-refractivity contribution < 1.29 is 18.8 Å². The van der Waals surface area contributed by atoms with Crippen LogP contribution in [-0.2, 0) is 41.1 Å². The summed E-state index contributed by atoms with van der Waals surface area (Å²) in [7, 11) is -3.86. The molecular formula is C38H37N5O4S. The Labute approximate surface area is 280 Å². The Morgan fingerprint density at radius 3 is 1.94 bits per heavy atom. The minimum atomic E-state index is -3.86. The van der Waals surface area contributed by atoms with Gasteiger partial charge in [-0.15, -0.1) is 4.36 Å². The van der Waals surface area contributed by atoms with Crippen molar-refractivity contribution in [1.29, 1.82) is 0 Å². The molecule has 0 bridgehead atoms. The molecule has 2 amide bonds. The highest BCUT2D eigenvalue weighted by Crippen LogP contribution is 2.42. The van der Waals surface area contributed by atoms with Gasteiger partial charge in [0, 0.05) is 5.69 Å². The minimum absolute atomic E-state index is 0.143. The van der Waals surface area contributed by atoms with Gasteiger partial charge in [0.15, 0.2) is 9.92 Å². The number of aliphatic hydroxyl groups excluding tert-OH is 1. The second kappa shape index (κ2) is 12.4. The number of aliphatic hydroxyl groups is 1. The molecule has 0 saturated carbocycles. The third kappa shape index (κ3) is 5.11. The largest absolute Gasteiger partial charge is 0.475 e. The Kier molecular flexibility index (Phi) is 7.86. The van der Waals surface area contributed by atoms with Crippen LogP contribution in [0.3, 0.4) is 0 Å². The average Bonchev–Trinajstić information content (AvgIpc) is 3.94. The standard InChI is InChI=1S/C38H37N5O4S/c44-24-31-25-47-36-34(23-39-43(31)36)48(46,41-37(45)40-35-32-20-10-12-26(32)22-27-13-11-21-33(27)35)42-38(28-14-4-1-5-15-28,29-16-6-2-7-17-29)30-18-8-3-9-19-30/h1-9,14-19,22-23,31,44H,10-13,20-21,24-25H2,(H2,40,41,42,45,46)/t31-,48?/m0/s1. The van der Waals surface area contributed by atoms with Gasteiger partial charge in [0.25, 0.3) is 0 Å². The van der Waals surface area contributed by atoms with E-state index < -0.39 is 27.5 Å². The van der Waals surface area contributed by atoms with E-state index in [-0.39, 0.29) is 24.0 Å². The van der Waals surface area contributed by atoms with Gasteiger partial charge in [0.1, 0.15) is 23.1 Å². The van der Waals surface area contributed by atoms with Crippen molar-refractivity contribution in [2.45, 2.75) is 55.0 Å². The maximum Gasteiger partial charge on any atom is 0.354 e. The molecule has 0 saturated heterocycles. The molecule has 1 aliphatic heterocycles. The van der Waals surface area contributed by atoms with Crippen molar-refractivity contribution in [2.24, 2.45) is 4.36 Å². The number of urea groups is 1. The number of anilines is 1. The zero-order valence-electron chi connectivity index (χ0n) is 26.5. The lowest BCUT2D eigenvalue weighted by Gasteiger charge is -2.37. The number of hydrogen-bond acceptors (Lipinski definition) is 5. The maximum atomic E-state index is 15.9. The van der Waals surface area contributed by atoms with Crippen molar-refractivity contribution in [3.05, 3.63) is 142 Å². The number of aromatic nitrogens is 2. The SMILES string of the molecule is O=C(N=S(=O)(NC(c1ccccc1)(c1ccccc1)c1ccccc1)c1cnn2c1OC[C@@H]2CO)Nc1c2c(cc3c1CCC3)CCC2. The quantitative estimate of drug-likeness (QED) is 0.168. The second-order valence-electron chi connectivity index (χ2n) is 12.6. The number of hydrogen-bond donors (Lipinski definition) is 3. The zero-order valence-corrected chi connectivity index (χ0v) is 27.3. The molecule has 8 rings (SSSR count). The fourth-order valence-electron chi connectivity index (χ4n) is 7.59. The molecule has 2 aliphatic carbocycles. The molecule has 0 spiro atoms. The molecule has 2 atom stereocenters. The number of ether oxygens (including phenoxy) is 1. The van der Waals surface area contributed by atoms with Gasteiger partial charge in [-0.1, -0.05) is 97.1 Å². The first kappa shape index (κ1) is 30.6. The van der Waals surface area contributed by atoms with E-state index in [2.05, 4.69) is 25.6 Å². The summed E-state index contributed by atoms with van der Waals surface area (Å²) in [5.41, 5.74) is 6.90. The molecular weight excluding hydrogens is 623 g/mol. The monoisotopic (exact) mass is 659 g/mol. The van der Waals surface area contributed by atoms with Crippen LogP contribution in [0.4, 0.5) is 10.5 Å². The van der Waals surface area contributed by atoms with Crippen molar-refractivity contribution >= 4 is 21.6 Å². The number of carbonyl (C=O) groups excluding carboxylic acids is 1. The predicted octanol–water partition coefficient (Wildman–Crippen LogP) is 6.34. The molecule has 9 nitrogen and oxygen atoms in total. The smallest absolute Gasteiger partial charge is 0.354 e. The predicted molar refractivity (Wildman–Crippen MR) is 185 cm³/mol. The Morgan fingerprint density at radius 1 is 0.875 bits per heavy atom. The van der Waals surface area contributed by atoms with E-state index in [1.807, 2.05) is 91.0 Å². The maximum absolute atomic E-state index is 15.9. The molecule has 0 fully saturated rings. The highest BCUT2D eigenvalue weighted by molar-refractivity contribution is 7.92. The molecule has 244 valence electrons. The number of nitrogens with one attached hydrogen (secondary N) is 2. The minimum Gasteiger partial charge on any atom is -0.475 e.